The van der Waals surface area contributed by atoms with Gasteiger partial charge >= 0.3 is 0 Å². The third-order valence-corrected chi connectivity index (χ3v) is 7.29. The monoisotopic (exact) mass is 468 g/mol. The molecular weight excluding hydrogens is 420 g/mol. The summed E-state index contributed by atoms with van der Waals surface area (Å²) in [5.41, 5.74) is 5.26. The average molecular weight is 469 g/mol. The fraction of sp³-hybridized carbons (Fsp3) is 0.600. The minimum absolute atomic E-state index is 0.122. The van der Waals surface area contributed by atoms with Crippen molar-refractivity contribution >= 4 is 0 Å². The van der Waals surface area contributed by atoms with Crippen molar-refractivity contribution in [1.82, 2.24) is 10.6 Å². The van der Waals surface area contributed by atoms with Gasteiger partial charge in [0.05, 0.1) is 0 Å². The smallest absolute Gasteiger partial charge is 0.123 e. The predicted molar refractivity (Wildman–Crippen MR) is 145 cm³/mol. The number of phenolic OH excluding ortho intramolecular Hbond substituents is 2. The summed E-state index contributed by atoms with van der Waals surface area (Å²) in [6.45, 7) is 26.8. The highest BCUT2D eigenvalue weighted by molar-refractivity contribution is 5.48. The molecule has 0 aromatic heterocycles. The first-order valence-corrected chi connectivity index (χ1v) is 12.4. The van der Waals surface area contributed by atoms with Crippen LogP contribution in [-0.4, -0.2) is 21.3 Å². The zero-order valence-corrected chi connectivity index (χ0v) is 23.6. The van der Waals surface area contributed by atoms with Gasteiger partial charge in [0.1, 0.15) is 11.5 Å². The SMILES string of the molecule is Cc1cc(CNC(C)(C)C(C)(C)NCc2cc(C)cc(C(C)(C)C)c2O)c(O)c(C(C)(C)C)c1. The number of hydrogen-bond acceptors (Lipinski definition) is 4. The highest BCUT2D eigenvalue weighted by Gasteiger charge is 2.37. The Morgan fingerprint density at radius 1 is 0.559 bits per heavy atom. The molecule has 4 nitrogen and oxygen atoms in total. The van der Waals surface area contributed by atoms with E-state index in [-0.39, 0.29) is 21.9 Å². The predicted octanol–water partition coefficient (Wildman–Crippen LogP) is 6.75. The first-order valence-electron chi connectivity index (χ1n) is 12.4. The summed E-state index contributed by atoms with van der Waals surface area (Å²) in [6, 6.07) is 8.28. The first-order chi connectivity index (χ1) is 15.3. The van der Waals surface area contributed by atoms with Gasteiger partial charge in [-0.2, -0.15) is 0 Å². The Morgan fingerprint density at radius 3 is 1.12 bits per heavy atom. The molecule has 4 heteroatoms. The topological polar surface area (TPSA) is 64.5 Å². The Balaban J connectivity index is 2.22. The van der Waals surface area contributed by atoms with Crippen LogP contribution in [0.1, 0.15) is 103 Å². The van der Waals surface area contributed by atoms with E-state index in [1.807, 2.05) is 0 Å². The van der Waals surface area contributed by atoms with Crippen molar-refractivity contribution in [3.8, 4) is 11.5 Å². The second kappa shape index (κ2) is 9.54. The van der Waals surface area contributed by atoms with Crippen LogP contribution in [0.3, 0.4) is 0 Å². The maximum atomic E-state index is 11.0. The maximum absolute atomic E-state index is 11.0. The second-order valence-electron chi connectivity index (χ2n) is 13.1. The molecule has 0 bridgehead atoms. The van der Waals surface area contributed by atoms with Crippen molar-refractivity contribution in [2.45, 2.75) is 118 Å². The van der Waals surface area contributed by atoms with Crippen LogP contribution < -0.4 is 10.6 Å². The van der Waals surface area contributed by atoms with Gasteiger partial charge < -0.3 is 20.8 Å². The molecule has 0 unspecified atom stereocenters. The van der Waals surface area contributed by atoms with E-state index >= 15 is 0 Å². The molecule has 2 aromatic rings. The molecule has 2 aromatic carbocycles. The van der Waals surface area contributed by atoms with E-state index in [2.05, 4.69) is 118 Å². The van der Waals surface area contributed by atoms with E-state index in [0.29, 0.717) is 24.6 Å². The zero-order chi connectivity index (χ0) is 26.3. The van der Waals surface area contributed by atoms with Crippen molar-refractivity contribution in [2.24, 2.45) is 0 Å². The van der Waals surface area contributed by atoms with Gasteiger partial charge in [-0.3, -0.25) is 0 Å². The molecule has 2 rings (SSSR count). The third kappa shape index (κ3) is 6.34. The summed E-state index contributed by atoms with van der Waals surface area (Å²) in [7, 11) is 0. The van der Waals surface area contributed by atoms with Gasteiger partial charge in [-0.15, -0.1) is 0 Å². The Labute approximate surface area is 208 Å². The number of hydrogen-bond donors (Lipinski definition) is 4. The molecule has 0 radical (unpaired) electrons. The van der Waals surface area contributed by atoms with Gasteiger partial charge in [-0.25, -0.2) is 0 Å². The van der Waals surface area contributed by atoms with E-state index in [1.54, 1.807) is 0 Å². The van der Waals surface area contributed by atoms with Crippen molar-refractivity contribution in [2.75, 3.05) is 0 Å². The van der Waals surface area contributed by atoms with Crippen molar-refractivity contribution < 1.29 is 10.2 Å². The number of aromatic hydroxyl groups is 2. The second-order valence-corrected chi connectivity index (χ2v) is 13.1. The van der Waals surface area contributed by atoms with Crippen LogP contribution in [0, 0.1) is 13.8 Å². The van der Waals surface area contributed by atoms with Crippen LogP contribution in [0.15, 0.2) is 24.3 Å². The van der Waals surface area contributed by atoms with Crippen LogP contribution in [-0.2, 0) is 23.9 Å². The fourth-order valence-electron chi connectivity index (χ4n) is 4.19. The van der Waals surface area contributed by atoms with Crippen molar-refractivity contribution in [1.29, 1.82) is 0 Å². The quantitative estimate of drug-likeness (QED) is 0.363. The van der Waals surface area contributed by atoms with E-state index < -0.39 is 0 Å². The summed E-state index contributed by atoms with van der Waals surface area (Å²) in [4.78, 5) is 0. The minimum Gasteiger partial charge on any atom is -0.507 e. The van der Waals surface area contributed by atoms with E-state index in [9.17, 15) is 10.2 Å². The standard InChI is InChI=1S/C30H48N2O2/c1-19-13-21(25(33)23(15-19)27(3,4)5)17-31-29(9,10)30(11,12)32-18-22-14-20(2)16-24(26(22)34)28(6,7)8/h13-16,31-34H,17-18H2,1-12H3. The number of phenols is 2. The molecule has 0 saturated heterocycles. The lowest BCUT2D eigenvalue weighted by Gasteiger charge is -2.43. The fourth-order valence-corrected chi connectivity index (χ4v) is 4.19. The van der Waals surface area contributed by atoms with Crippen molar-refractivity contribution in [3.05, 3.63) is 57.6 Å². The van der Waals surface area contributed by atoms with Gasteiger partial charge in [0.2, 0.25) is 0 Å². The van der Waals surface area contributed by atoms with Gasteiger partial charge in [0.25, 0.3) is 0 Å². The lowest BCUT2D eigenvalue weighted by molar-refractivity contribution is 0.188. The molecule has 0 atom stereocenters. The molecule has 0 heterocycles. The maximum Gasteiger partial charge on any atom is 0.123 e. The lowest BCUT2D eigenvalue weighted by Crippen LogP contribution is -2.62. The summed E-state index contributed by atoms with van der Waals surface area (Å²) in [5.74, 6) is 0.762. The number of rotatable bonds is 7. The van der Waals surface area contributed by atoms with Gasteiger partial charge in [0, 0.05) is 35.3 Å². The lowest BCUT2D eigenvalue weighted by atomic mass is 9.81. The summed E-state index contributed by atoms with van der Waals surface area (Å²) < 4.78 is 0. The molecule has 0 aliphatic rings. The average Bonchev–Trinajstić information content (AvgIpc) is 2.66. The molecule has 0 saturated carbocycles. The molecule has 0 amide bonds. The molecule has 0 spiro atoms. The molecule has 190 valence electrons. The summed E-state index contributed by atoms with van der Waals surface area (Å²) in [5, 5.41) is 29.3. The highest BCUT2D eigenvalue weighted by Crippen LogP contribution is 2.36. The van der Waals surface area contributed by atoms with E-state index in [1.165, 1.54) is 0 Å². The Kier molecular flexibility index (Phi) is 7.92. The summed E-state index contributed by atoms with van der Waals surface area (Å²) in [6.07, 6.45) is 0. The third-order valence-electron chi connectivity index (χ3n) is 7.29. The van der Waals surface area contributed by atoms with Crippen LogP contribution in [0.5, 0.6) is 11.5 Å². The normalized spacial score (nSPS) is 13.4. The van der Waals surface area contributed by atoms with Crippen LogP contribution in [0.25, 0.3) is 0 Å². The van der Waals surface area contributed by atoms with E-state index in [4.69, 9.17) is 0 Å². The summed E-state index contributed by atoms with van der Waals surface area (Å²) >= 11 is 0. The van der Waals surface area contributed by atoms with Crippen LogP contribution in [0.2, 0.25) is 0 Å². The highest BCUT2D eigenvalue weighted by atomic mass is 16.3. The molecule has 0 fully saturated rings. The van der Waals surface area contributed by atoms with E-state index in [0.717, 1.165) is 33.4 Å². The van der Waals surface area contributed by atoms with Crippen LogP contribution in [0.4, 0.5) is 0 Å². The van der Waals surface area contributed by atoms with Gasteiger partial charge in [-0.05, 0) is 63.5 Å². The molecular formula is C30H48N2O2. The minimum atomic E-state index is -0.294. The zero-order valence-electron chi connectivity index (χ0n) is 23.6. The largest absolute Gasteiger partial charge is 0.507 e. The number of aryl methyl sites for hydroxylation is 2. The van der Waals surface area contributed by atoms with Crippen LogP contribution >= 0.6 is 0 Å². The molecule has 0 aliphatic carbocycles. The first kappa shape index (κ1) is 28.2. The van der Waals surface area contributed by atoms with Crippen molar-refractivity contribution in [3.63, 3.8) is 0 Å². The van der Waals surface area contributed by atoms with Gasteiger partial charge in [0.15, 0.2) is 0 Å². The molecule has 0 aliphatic heterocycles. The Bertz CT molecular complexity index is 938. The number of benzene rings is 2. The van der Waals surface area contributed by atoms with Gasteiger partial charge in [-0.1, -0.05) is 76.9 Å². The number of nitrogens with one attached hydrogen (secondary N) is 2. The molecule has 34 heavy (non-hydrogen) atoms. The Hall–Kier alpha value is -2.04. The molecule has 4 N–H and O–H groups in total. The Morgan fingerprint density at radius 2 is 0.853 bits per heavy atom.